The molecule has 0 aliphatic heterocycles. The van der Waals surface area contributed by atoms with Crippen molar-refractivity contribution in [3.05, 3.63) is 64.4 Å². The molecular formula is C25H31BrFN3O4S. The summed E-state index contributed by atoms with van der Waals surface area (Å²) >= 11 is 3.32. The van der Waals surface area contributed by atoms with Gasteiger partial charge in [0, 0.05) is 22.6 Å². The molecule has 1 atom stereocenters. The number of hydrogen-bond donors (Lipinski definition) is 1. The highest BCUT2D eigenvalue weighted by atomic mass is 79.9. The van der Waals surface area contributed by atoms with Gasteiger partial charge in [-0.25, -0.2) is 12.8 Å². The van der Waals surface area contributed by atoms with Crippen LogP contribution in [0.5, 0.6) is 0 Å². The molecule has 0 radical (unpaired) electrons. The molecule has 190 valence electrons. The van der Waals surface area contributed by atoms with Crippen molar-refractivity contribution in [1.82, 2.24) is 10.2 Å². The second kappa shape index (κ2) is 12.0. The minimum Gasteiger partial charge on any atom is -0.352 e. The van der Waals surface area contributed by atoms with E-state index in [0.29, 0.717) is 5.69 Å². The van der Waals surface area contributed by atoms with Gasteiger partial charge in [0.1, 0.15) is 18.4 Å². The zero-order valence-electron chi connectivity index (χ0n) is 19.9. The lowest BCUT2D eigenvalue weighted by atomic mass is 9.95. The van der Waals surface area contributed by atoms with Crippen molar-refractivity contribution in [2.45, 2.75) is 57.7 Å². The molecule has 3 rings (SSSR count). The van der Waals surface area contributed by atoms with Crippen LogP contribution < -0.4 is 9.62 Å². The highest BCUT2D eigenvalue weighted by Crippen LogP contribution is 2.22. The Morgan fingerprint density at radius 3 is 2.31 bits per heavy atom. The predicted molar refractivity (Wildman–Crippen MR) is 138 cm³/mol. The number of nitrogens with zero attached hydrogens (tertiary/aromatic N) is 2. The first-order valence-electron chi connectivity index (χ1n) is 11.6. The lowest BCUT2D eigenvalue weighted by Gasteiger charge is -2.33. The van der Waals surface area contributed by atoms with Crippen LogP contribution in [0, 0.1) is 5.82 Å². The molecule has 0 unspecified atom stereocenters. The van der Waals surface area contributed by atoms with E-state index in [0.717, 1.165) is 47.1 Å². The Hall–Kier alpha value is -2.46. The maximum atomic E-state index is 14.5. The normalized spacial score (nSPS) is 15.3. The van der Waals surface area contributed by atoms with E-state index in [2.05, 4.69) is 21.2 Å². The molecule has 0 saturated heterocycles. The van der Waals surface area contributed by atoms with Gasteiger partial charge in [0.2, 0.25) is 21.8 Å². The number of halogens is 2. The molecule has 1 aliphatic carbocycles. The first kappa shape index (κ1) is 27.1. The van der Waals surface area contributed by atoms with E-state index in [9.17, 15) is 22.4 Å². The largest absolute Gasteiger partial charge is 0.352 e. The highest BCUT2D eigenvalue weighted by Gasteiger charge is 2.31. The number of hydrogen-bond acceptors (Lipinski definition) is 4. The van der Waals surface area contributed by atoms with E-state index in [4.69, 9.17) is 0 Å². The molecule has 1 aliphatic rings. The van der Waals surface area contributed by atoms with Crippen molar-refractivity contribution in [3.63, 3.8) is 0 Å². The van der Waals surface area contributed by atoms with Gasteiger partial charge in [-0.15, -0.1) is 0 Å². The molecule has 0 aromatic heterocycles. The Balaban J connectivity index is 1.87. The number of rotatable bonds is 9. The van der Waals surface area contributed by atoms with Crippen molar-refractivity contribution in [1.29, 1.82) is 0 Å². The summed E-state index contributed by atoms with van der Waals surface area (Å²) in [6.45, 7) is 0.903. The van der Waals surface area contributed by atoms with Crippen LogP contribution in [0.25, 0.3) is 0 Å². The summed E-state index contributed by atoms with van der Waals surface area (Å²) in [5.74, 6) is -1.44. The monoisotopic (exact) mass is 567 g/mol. The van der Waals surface area contributed by atoms with Crippen LogP contribution in [0.4, 0.5) is 10.1 Å². The molecule has 2 amide bonds. The van der Waals surface area contributed by atoms with E-state index in [1.165, 1.54) is 11.0 Å². The summed E-state index contributed by atoms with van der Waals surface area (Å²) in [5, 5.41) is 3.01. The first-order valence-corrected chi connectivity index (χ1v) is 14.3. The van der Waals surface area contributed by atoms with Gasteiger partial charge < -0.3 is 10.2 Å². The average molecular weight is 569 g/mol. The number of amides is 2. The van der Waals surface area contributed by atoms with Gasteiger partial charge in [-0.3, -0.25) is 13.9 Å². The van der Waals surface area contributed by atoms with Crippen LogP contribution in [0.3, 0.4) is 0 Å². The molecule has 1 fully saturated rings. The van der Waals surface area contributed by atoms with Crippen molar-refractivity contribution in [2.75, 3.05) is 17.1 Å². The summed E-state index contributed by atoms with van der Waals surface area (Å²) in [4.78, 5) is 27.8. The summed E-state index contributed by atoms with van der Waals surface area (Å²) < 4.78 is 41.3. The molecule has 7 nitrogen and oxygen atoms in total. The minimum absolute atomic E-state index is 0.0411. The molecule has 0 spiro atoms. The molecule has 2 aromatic carbocycles. The molecule has 1 N–H and O–H groups in total. The summed E-state index contributed by atoms with van der Waals surface area (Å²) in [5.41, 5.74) is 0.557. The third kappa shape index (κ3) is 7.51. The Bertz CT molecular complexity index is 1140. The van der Waals surface area contributed by atoms with E-state index in [1.807, 2.05) is 0 Å². The predicted octanol–water partition coefficient (Wildman–Crippen LogP) is 4.22. The van der Waals surface area contributed by atoms with Gasteiger partial charge in [-0.1, -0.05) is 53.4 Å². The second-order valence-electron chi connectivity index (χ2n) is 8.88. The first-order chi connectivity index (χ1) is 16.6. The van der Waals surface area contributed by atoms with E-state index < -0.39 is 34.3 Å². The van der Waals surface area contributed by atoms with E-state index in [-0.39, 0.29) is 24.1 Å². The fourth-order valence-corrected chi connectivity index (χ4v) is 5.30. The van der Waals surface area contributed by atoms with Crippen LogP contribution in [0.1, 0.15) is 44.6 Å². The number of anilines is 1. The van der Waals surface area contributed by atoms with Crippen LogP contribution >= 0.6 is 15.9 Å². The van der Waals surface area contributed by atoms with E-state index >= 15 is 0 Å². The summed E-state index contributed by atoms with van der Waals surface area (Å²) in [6, 6.07) is 11.7. The smallest absolute Gasteiger partial charge is 0.244 e. The van der Waals surface area contributed by atoms with Gasteiger partial charge in [0.25, 0.3) is 0 Å². The number of nitrogens with one attached hydrogen (secondary N) is 1. The van der Waals surface area contributed by atoms with Crippen molar-refractivity contribution < 1.29 is 22.4 Å². The Labute approximate surface area is 214 Å². The third-order valence-electron chi connectivity index (χ3n) is 6.21. The number of benzene rings is 2. The standard InChI is InChI=1S/C25H31BrFN3O4S/c1-18(25(32)28-21-9-4-3-5-10-21)29(16-19-8-6-7-11-23(19)27)24(31)17-30(35(2,33)34)22-14-12-20(26)13-15-22/h6-8,11-15,18,21H,3-5,9-10,16-17H2,1-2H3,(H,28,32)/t18-/m0/s1. The SMILES string of the molecule is C[C@@H](C(=O)NC1CCCCC1)N(Cc1ccccc1F)C(=O)CN(c1ccc(Br)cc1)S(C)(=O)=O. The molecule has 0 bridgehead atoms. The van der Waals surface area contributed by atoms with Gasteiger partial charge in [0.15, 0.2) is 0 Å². The number of carbonyl (C=O) groups excluding carboxylic acids is 2. The lowest BCUT2D eigenvalue weighted by molar-refractivity contribution is -0.139. The lowest BCUT2D eigenvalue weighted by Crippen LogP contribution is -2.53. The van der Waals surface area contributed by atoms with Crippen molar-refractivity contribution >= 4 is 43.5 Å². The van der Waals surface area contributed by atoms with E-state index in [1.54, 1.807) is 49.4 Å². The van der Waals surface area contributed by atoms with Crippen LogP contribution in [-0.4, -0.2) is 50.0 Å². The summed E-state index contributed by atoms with van der Waals surface area (Å²) in [6.07, 6.45) is 5.98. The maximum Gasteiger partial charge on any atom is 0.244 e. The van der Waals surface area contributed by atoms with Crippen molar-refractivity contribution in [2.24, 2.45) is 0 Å². The number of carbonyl (C=O) groups is 2. The minimum atomic E-state index is -3.81. The molecule has 1 saturated carbocycles. The highest BCUT2D eigenvalue weighted by molar-refractivity contribution is 9.10. The van der Waals surface area contributed by atoms with Crippen LogP contribution in [-0.2, 0) is 26.2 Å². The number of sulfonamides is 1. The van der Waals surface area contributed by atoms with Gasteiger partial charge in [-0.05, 0) is 50.1 Å². The zero-order valence-corrected chi connectivity index (χ0v) is 22.3. The van der Waals surface area contributed by atoms with Crippen LogP contribution in [0.15, 0.2) is 53.0 Å². The maximum absolute atomic E-state index is 14.5. The van der Waals surface area contributed by atoms with Gasteiger partial charge >= 0.3 is 0 Å². The fourth-order valence-electron chi connectivity index (χ4n) is 4.18. The average Bonchev–Trinajstić information content (AvgIpc) is 2.82. The molecule has 10 heteroatoms. The molecule has 35 heavy (non-hydrogen) atoms. The Morgan fingerprint density at radius 1 is 1.09 bits per heavy atom. The molecule has 0 heterocycles. The van der Waals surface area contributed by atoms with Crippen LogP contribution in [0.2, 0.25) is 0 Å². The van der Waals surface area contributed by atoms with Crippen molar-refractivity contribution in [3.8, 4) is 0 Å². The topological polar surface area (TPSA) is 86.8 Å². The van der Waals surface area contributed by atoms with Gasteiger partial charge in [-0.2, -0.15) is 0 Å². The zero-order chi connectivity index (χ0) is 25.6. The second-order valence-corrected chi connectivity index (χ2v) is 11.7. The quantitative estimate of drug-likeness (QED) is 0.491. The Kier molecular flexibility index (Phi) is 9.29. The fraction of sp³-hybridized carbons (Fsp3) is 0.440. The van der Waals surface area contributed by atoms with Gasteiger partial charge in [0.05, 0.1) is 11.9 Å². The Morgan fingerprint density at radius 2 is 1.71 bits per heavy atom. The third-order valence-corrected chi connectivity index (χ3v) is 7.88. The molecule has 2 aromatic rings. The summed E-state index contributed by atoms with van der Waals surface area (Å²) in [7, 11) is -3.81. The molecular weight excluding hydrogens is 537 g/mol.